The molecule has 0 aliphatic rings. The SMILES string of the molecule is CC(C)c1cccc(C(C)C)c1.c1ccccc1. The Morgan fingerprint density at radius 2 is 0.889 bits per heavy atom. The van der Waals surface area contributed by atoms with E-state index in [1.54, 1.807) is 0 Å². The summed E-state index contributed by atoms with van der Waals surface area (Å²) in [6.07, 6.45) is 0. The fraction of sp³-hybridized carbons (Fsp3) is 0.333. The van der Waals surface area contributed by atoms with Crippen LogP contribution >= 0.6 is 0 Å². The average molecular weight is 240 g/mol. The smallest absolute Gasteiger partial charge is 0.0219 e. The molecule has 0 amide bonds. The summed E-state index contributed by atoms with van der Waals surface area (Å²) in [6, 6.07) is 20.9. The Labute approximate surface area is 112 Å². The lowest BCUT2D eigenvalue weighted by Crippen LogP contribution is -1.91. The van der Waals surface area contributed by atoms with Crippen LogP contribution in [0.1, 0.15) is 50.7 Å². The summed E-state index contributed by atoms with van der Waals surface area (Å²) in [7, 11) is 0. The molecule has 0 aromatic heterocycles. The van der Waals surface area contributed by atoms with Gasteiger partial charge in [-0.2, -0.15) is 0 Å². The Balaban J connectivity index is 0.000000225. The standard InChI is InChI=1S/C12H18.C6H6/c1-9(2)11-6-5-7-12(8-11)10(3)4;1-2-4-6-5-3-1/h5-10H,1-4H3;1-6H. The summed E-state index contributed by atoms with van der Waals surface area (Å²) in [6.45, 7) is 8.94. The van der Waals surface area contributed by atoms with Gasteiger partial charge in [0.2, 0.25) is 0 Å². The molecule has 96 valence electrons. The van der Waals surface area contributed by atoms with E-state index in [2.05, 4.69) is 52.0 Å². The fourth-order valence-electron chi connectivity index (χ4n) is 1.66. The van der Waals surface area contributed by atoms with Crippen molar-refractivity contribution < 1.29 is 0 Å². The number of hydrogen-bond acceptors (Lipinski definition) is 0. The maximum Gasteiger partial charge on any atom is -0.0219 e. The van der Waals surface area contributed by atoms with Crippen LogP contribution < -0.4 is 0 Å². The third-order valence-electron chi connectivity index (χ3n) is 2.91. The minimum Gasteiger partial charge on any atom is -0.0623 e. The predicted molar refractivity (Wildman–Crippen MR) is 81.1 cm³/mol. The van der Waals surface area contributed by atoms with Crippen LogP contribution in [-0.2, 0) is 0 Å². The number of hydrogen-bond donors (Lipinski definition) is 0. The molecule has 0 nitrogen and oxygen atoms in total. The topological polar surface area (TPSA) is 0 Å². The van der Waals surface area contributed by atoms with Crippen molar-refractivity contribution in [1.29, 1.82) is 0 Å². The van der Waals surface area contributed by atoms with Gasteiger partial charge in [-0.15, -0.1) is 0 Å². The molecule has 0 unspecified atom stereocenters. The highest BCUT2D eigenvalue weighted by atomic mass is 14.1. The zero-order valence-corrected chi connectivity index (χ0v) is 11.9. The van der Waals surface area contributed by atoms with Crippen LogP contribution in [0.25, 0.3) is 0 Å². The molecule has 0 N–H and O–H groups in total. The van der Waals surface area contributed by atoms with Crippen molar-refractivity contribution in [2.75, 3.05) is 0 Å². The summed E-state index contributed by atoms with van der Waals surface area (Å²) >= 11 is 0. The van der Waals surface area contributed by atoms with E-state index in [1.807, 2.05) is 36.4 Å². The zero-order chi connectivity index (χ0) is 13.4. The van der Waals surface area contributed by atoms with Gasteiger partial charge in [0.1, 0.15) is 0 Å². The highest BCUT2D eigenvalue weighted by Crippen LogP contribution is 2.20. The summed E-state index contributed by atoms with van der Waals surface area (Å²) < 4.78 is 0. The maximum absolute atomic E-state index is 2.31. The Bertz CT molecular complexity index is 377. The molecule has 2 aromatic carbocycles. The largest absolute Gasteiger partial charge is 0.0623 e. The molecule has 0 bridgehead atoms. The third kappa shape index (κ3) is 5.18. The van der Waals surface area contributed by atoms with Crippen LogP contribution in [-0.4, -0.2) is 0 Å². The van der Waals surface area contributed by atoms with E-state index in [0.717, 1.165) is 0 Å². The fourth-order valence-corrected chi connectivity index (χ4v) is 1.66. The predicted octanol–water partition coefficient (Wildman–Crippen LogP) is 5.62. The van der Waals surface area contributed by atoms with Gasteiger partial charge in [0.05, 0.1) is 0 Å². The van der Waals surface area contributed by atoms with Gasteiger partial charge in [0, 0.05) is 0 Å². The highest BCUT2D eigenvalue weighted by Gasteiger charge is 2.02. The zero-order valence-electron chi connectivity index (χ0n) is 11.9. The Kier molecular flexibility index (Phi) is 6.21. The van der Waals surface area contributed by atoms with Gasteiger partial charge in [-0.1, -0.05) is 88.4 Å². The van der Waals surface area contributed by atoms with Gasteiger partial charge in [-0.3, -0.25) is 0 Å². The minimum atomic E-state index is 0.642. The molecule has 0 radical (unpaired) electrons. The van der Waals surface area contributed by atoms with Gasteiger partial charge < -0.3 is 0 Å². The summed E-state index contributed by atoms with van der Waals surface area (Å²) in [5, 5.41) is 0. The summed E-state index contributed by atoms with van der Waals surface area (Å²) in [5.41, 5.74) is 2.89. The Hall–Kier alpha value is -1.56. The molecule has 2 rings (SSSR count). The van der Waals surface area contributed by atoms with Crippen LogP contribution in [0.2, 0.25) is 0 Å². The van der Waals surface area contributed by atoms with Crippen molar-refractivity contribution in [3.05, 3.63) is 71.8 Å². The third-order valence-corrected chi connectivity index (χ3v) is 2.91. The summed E-state index contributed by atoms with van der Waals surface area (Å²) in [4.78, 5) is 0. The molecule has 0 aliphatic heterocycles. The van der Waals surface area contributed by atoms with E-state index in [0.29, 0.717) is 11.8 Å². The second kappa shape index (κ2) is 7.71. The molecule has 0 heterocycles. The highest BCUT2D eigenvalue weighted by molar-refractivity contribution is 5.27. The molecule has 18 heavy (non-hydrogen) atoms. The van der Waals surface area contributed by atoms with E-state index < -0.39 is 0 Å². The molecule has 0 saturated heterocycles. The quantitative estimate of drug-likeness (QED) is 0.639. The molecule has 0 saturated carbocycles. The van der Waals surface area contributed by atoms with Crippen LogP contribution in [0.4, 0.5) is 0 Å². The van der Waals surface area contributed by atoms with Crippen LogP contribution in [0.15, 0.2) is 60.7 Å². The molecule has 2 aromatic rings. The normalized spacial score (nSPS) is 10.1. The summed E-state index contributed by atoms with van der Waals surface area (Å²) in [5.74, 6) is 1.28. The first-order chi connectivity index (χ1) is 8.61. The number of rotatable bonds is 2. The van der Waals surface area contributed by atoms with E-state index in [4.69, 9.17) is 0 Å². The van der Waals surface area contributed by atoms with E-state index in [1.165, 1.54) is 11.1 Å². The molecule has 0 spiro atoms. The lowest BCUT2D eigenvalue weighted by atomic mass is 9.96. The van der Waals surface area contributed by atoms with Gasteiger partial charge in [-0.25, -0.2) is 0 Å². The first kappa shape index (κ1) is 14.5. The van der Waals surface area contributed by atoms with Crippen molar-refractivity contribution in [2.24, 2.45) is 0 Å². The monoisotopic (exact) mass is 240 g/mol. The van der Waals surface area contributed by atoms with E-state index >= 15 is 0 Å². The van der Waals surface area contributed by atoms with Crippen molar-refractivity contribution in [1.82, 2.24) is 0 Å². The van der Waals surface area contributed by atoms with E-state index in [9.17, 15) is 0 Å². The minimum absolute atomic E-state index is 0.642. The lowest BCUT2D eigenvalue weighted by Gasteiger charge is -2.09. The van der Waals surface area contributed by atoms with Crippen molar-refractivity contribution in [3.8, 4) is 0 Å². The van der Waals surface area contributed by atoms with Crippen molar-refractivity contribution in [3.63, 3.8) is 0 Å². The Morgan fingerprint density at radius 1 is 0.556 bits per heavy atom. The maximum atomic E-state index is 2.31. The molecule has 0 heteroatoms. The molecular weight excluding hydrogens is 216 g/mol. The van der Waals surface area contributed by atoms with Gasteiger partial charge >= 0.3 is 0 Å². The van der Waals surface area contributed by atoms with Gasteiger partial charge in [0.25, 0.3) is 0 Å². The average Bonchev–Trinajstić information content (AvgIpc) is 2.41. The van der Waals surface area contributed by atoms with Gasteiger partial charge in [0.15, 0.2) is 0 Å². The molecule has 0 fully saturated rings. The first-order valence-corrected chi connectivity index (χ1v) is 6.71. The molecule has 0 atom stereocenters. The molecule has 0 aliphatic carbocycles. The Morgan fingerprint density at radius 3 is 1.17 bits per heavy atom. The second-order valence-electron chi connectivity index (χ2n) is 5.13. The van der Waals surface area contributed by atoms with Gasteiger partial charge in [-0.05, 0) is 23.0 Å². The number of benzene rings is 2. The first-order valence-electron chi connectivity index (χ1n) is 6.71. The molecular formula is C18H24. The lowest BCUT2D eigenvalue weighted by molar-refractivity contribution is 0.834. The van der Waals surface area contributed by atoms with Crippen LogP contribution in [0.3, 0.4) is 0 Å². The second-order valence-corrected chi connectivity index (χ2v) is 5.13. The van der Waals surface area contributed by atoms with Crippen LogP contribution in [0.5, 0.6) is 0 Å². The van der Waals surface area contributed by atoms with Crippen molar-refractivity contribution in [2.45, 2.75) is 39.5 Å². The van der Waals surface area contributed by atoms with E-state index in [-0.39, 0.29) is 0 Å². The van der Waals surface area contributed by atoms with Crippen molar-refractivity contribution >= 4 is 0 Å². The van der Waals surface area contributed by atoms with Crippen LogP contribution in [0, 0.1) is 0 Å².